The number of ether oxygens (including phenoxy) is 2. The van der Waals surface area contributed by atoms with Gasteiger partial charge in [0.1, 0.15) is 4.90 Å². The van der Waals surface area contributed by atoms with E-state index in [2.05, 4.69) is 0 Å². The molecular formula is C18H19NO5S. The van der Waals surface area contributed by atoms with Crippen LogP contribution in [-0.2, 0) is 16.4 Å². The number of fused-ring (bicyclic) bond motifs is 1. The summed E-state index contributed by atoms with van der Waals surface area (Å²) in [6, 6.07) is 11.7. The average molecular weight is 361 g/mol. The minimum Gasteiger partial charge on any atom is -0.493 e. The first-order valence-electron chi connectivity index (χ1n) is 7.94. The molecule has 7 heteroatoms. The number of carbonyl (C=O) groups is 1. The molecule has 0 fully saturated rings. The van der Waals surface area contributed by atoms with Crippen molar-refractivity contribution in [2.24, 2.45) is 0 Å². The summed E-state index contributed by atoms with van der Waals surface area (Å²) in [4.78, 5) is 13.7. The second-order valence-electron chi connectivity index (χ2n) is 5.66. The lowest BCUT2D eigenvalue weighted by atomic mass is 10.1. The van der Waals surface area contributed by atoms with Crippen LogP contribution in [0, 0.1) is 0 Å². The highest BCUT2D eigenvalue weighted by Crippen LogP contribution is 2.37. The van der Waals surface area contributed by atoms with E-state index in [1.54, 1.807) is 43.5 Å². The van der Waals surface area contributed by atoms with Crippen molar-refractivity contribution in [3.63, 3.8) is 0 Å². The number of anilines is 1. The molecule has 0 saturated carbocycles. The van der Waals surface area contributed by atoms with Crippen molar-refractivity contribution >= 4 is 20.8 Å². The Hall–Kier alpha value is -2.54. The SMILES string of the molecule is CCCOc1ccc(CN2C(=O)S(=O)(=O)c3ccccc32)cc1OC. The number of nitrogens with zero attached hydrogens (tertiary/aromatic N) is 1. The number of amides is 1. The summed E-state index contributed by atoms with van der Waals surface area (Å²) in [5.41, 5.74) is 1.15. The van der Waals surface area contributed by atoms with E-state index in [-0.39, 0.29) is 11.4 Å². The highest BCUT2D eigenvalue weighted by atomic mass is 32.2. The molecule has 25 heavy (non-hydrogen) atoms. The van der Waals surface area contributed by atoms with E-state index in [1.165, 1.54) is 11.0 Å². The Morgan fingerprint density at radius 3 is 2.56 bits per heavy atom. The molecule has 0 unspecified atom stereocenters. The number of hydrogen-bond acceptors (Lipinski definition) is 5. The Morgan fingerprint density at radius 2 is 1.84 bits per heavy atom. The molecule has 0 saturated heterocycles. The fraction of sp³-hybridized carbons (Fsp3) is 0.278. The molecule has 0 aromatic heterocycles. The van der Waals surface area contributed by atoms with Crippen LogP contribution in [0.1, 0.15) is 18.9 Å². The van der Waals surface area contributed by atoms with Crippen LogP contribution in [0.2, 0.25) is 0 Å². The van der Waals surface area contributed by atoms with Gasteiger partial charge in [-0.1, -0.05) is 25.1 Å². The number of rotatable bonds is 6. The largest absolute Gasteiger partial charge is 0.493 e. The van der Waals surface area contributed by atoms with Crippen LogP contribution in [0.3, 0.4) is 0 Å². The van der Waals surface area contributed by atoms with Gasteiger partial charge < -0.3 is 9.47 Å². The normalized spacial score (nSPS) is 15.1. The van der Waals surface area contributed by atoms with E-state index in [0.29, 0.717) is 23.8 Å². The molecular weight excluding hydrogens is 342 g/mol. The minimum atomic E-state index is -3.96. The van der Waals surface area contributed by atoms with Gasteiger partial charge in [0.05, 0.1) is 25.9 Å². The maximum Gasteiger partial charge on any atom is 0.348 e. The van der Waals surface area contributed by atoms with Crippen molar-refractivity contribution in [2.75, 3.05) is 18.6 Å². The maximum absolute atomic E-state index is 12.3. The van der Waals surface area contributed by atoms with Gasteiger partial charge in [0.2, 0.25) is 0 Å². The molecule has 1 aliphatic rings. The molecule has 0 atom stereocenters. The molecule has 1 amide bonds. The van der Waals surface area contributed by atoms with Crippen molar-refractivity contribution in [2.45, 2.75) is 24.8 Å². The number of methoxy groups -OCH3 is 1. The first-order valence-corrected chi connectivity index (χ1v) is 9.42. The number of carbonyl (C=O) groups excluding carboxylic acids is 1. The highest BCUT2D eigenvalue weighted by molar-refractivity contribution is 8.07. The Labute approximate surface area is 146 Å². The molecule has 3 rings (SSSR count). The summed E-state index contributed by atoms with van der Waals surface area (Å²) in [5.74, 6) is 1.17. The van der Waals surface area contributed by atoms with Crippen LogP contribution >= 0.6 is 0 Å². The minimum absolute atomic E-state index is 0.0508. The zero-order valence-electron chi connectivity index (χ0n) is 14.1. The molecule has 1 heterocycles. The monoisotopic (exact) mass is 361 g/mol. The summed E-state index contributed by atoms with van der Waals surface area (Å²) in [7, 11) is -2.42. The maximum atomic E-state index is 12.3. The molecule has 6 nitrogen and oxygen atoms in total. The van der Waals surface area contributed by atoms with Gasteiger partial charge in [-0.3, -0.25) is 9.69 Å². The Balaban J connectivity index is 1.91. The average Bonchev–Trinajstić information content (AvgIpc) is 2.81. The topological polar surface area (TPSA) is 72.9 Å². The van der Waals surface area contributed by atoms with Crippen molar-refractivity contribution in [3.05, 3.63) is 48.0 Å². The van der Waals surface area contributed by atoms with Crippen molar-refractivity contribution in [3.8, 4) is 11.5 Å². The summed E-state index contributed by atoms with van der Waals surface area (Å²) in [5, 5.41) is -0.904. The molecule has 0 spiro atoms. The molecule has 0 aliphatic carbocycles. The van der Waals surface area contributed by atoms with E-state index in [0.717, 1.165) is 12.0 Å². The predicted molar refractivity (Wildman–Crippen MR) is 94.0 cm³/mol. The van der Waals surface area contributed by atoms with Gasteiger partial charge in [-0.05, 0) is 36.2 Å². The number of hydrogen-bond donors (Lipinski definition) is 0. The third-order valence-electron chi connectivity index (χ3n) is 3.93. The third kappa shape index (κ3) is 3.07. The fourth-order valence-corrected chi connectivity index (χ4v) is 4.07. The first-order chi connectivity index (χ1) is 12.0. The highest BCUT2D eigenvalue weighted by Gasteiger charge is 2.41. The van der Waals surface area contributed by atoms with Crippen molar-refractivity contribution < 1.29 is 22.7 Å². The van der Waals surface area contributed by atoms with E-state index in [9.17, 15) is 13.2 Å². The first kappa shape index (κ1) is 17.3. The lowest BCUT2D eigenvalue weighted by molar-refractivity contribution is 0.263. The smallest absolute Gasteiger partial charge is 0.348 e. The quantitative estimate of drug-likeness (QED) is 0.788. The van der Waals surface area contributed by atoms with Gasteiger partial charge >= 0.3 is 5.24 Å². The predicted octanol–water partition coefficient (Wildman–Crippen LogP) is 3.40. The summed E-state index contributed by atoms with van der Waals surface area (Å²) in [6.45, 7) is 2.73. The number of sulfone groups is 1. The Morgan fingerprint density at radius 1 is 1.08 bits per heavy atom. The second kappa shape index (κ2) is 6.76. The Kier molecular flexibility index (Phi) is 4.67. The molecule has 2 aromatic carbocycles. The van der Waals surface area contributed by atoms with E-state index >= 15 is 0 Å². The summed E-state index contributed by atoms with van der Waals surface area (Å²) in [6.07, 6.45) is 0.877. The van der Waals surface area contributed by atoms with E-state index in [1.807, 2.05) is 6.92 Å². The zero-order valence-corrected chi connectivity index (χ0v) is 14.9. The standard InChI is InChI=1S/C18H19NO5S/c1-3-10-24-15-9-8-13(11-16(15)23-2)12-19-14-6-4-5-7-17(14)25(21,22)18(19)20/h4-9,11H,3,10,12H2,1-2H3. The van der Waals surface area contributed by atoms with Crippen LogP contribution in [0.5, 0.6) is 11.5 Å². The van der Waals surface area contributed by atoms with Crippen LogP contribution in [0.4, 0.5) is 10.5 Å². The van der Waals surface area contributed by atoms with Crippen LogP contribution in [-0.4, -0.2) is 27.4 Å². The van der Waals surface area contributed by atoms with Gasteiger partial charge in [0, 0.05) is 0 Å². The molecule has 2 aromatic rings. The second-order valence-corrected chi connectivity index (χ2v) is 7.45. The zero-order chi connectivity index (χ0) is 18.0. The number of benzene rings is 2. The fourth-order valence-electron chi connectivity index (χ4n) is 2.72. The molecule has 132 valence electrons. The summed E-state index contributed by atoms with van der Waals surface area (Å²) < 4.78 is 35.4. The molecule has 1 aliphatic heterocycles. The summed E-state index contributed by atoms with van der Waals surface area (Å²) >= 11 is 0. The van der Waals surface area contributed by atoms with Gasteiger partial charge in [-0.25, -0.2) is 8.42 Å². The lowest BCUT2D eigenvalue weighted by Gasteiger charge is -2.17. The molecule has 0 radical (unpaired) electrons. The molecule has 0 N–H and O–H groups in total. The third-order valence-corrected chi connectivity index (χ3v) is 5.53. The van der Waals surface area contributed by atoms with Gasteiger partial charge in [-0.2, -0.15) is 0 Å². The van der Waals surface area contributed by atoms with E-state index in [4.69, 9.17) is 9.47 Å². The van der Waals surface area contributed by atoms with Crippen molar-refractivity contribution in [1.82, 2.24) is 0 Å². The van der Waals surface area contributed by atoms with Crippen molar-refractivity contribution in [1.29, 1.82) is 0 Å². The van der Waals surface area contributed by atoms with E-state index < -0.39 is 15.1 Å². The lowest BCUT2D eigenvalue weighted by Crippen LogP contribution is -2.28. The van der Waals surface area contributed by atoms with Gasteiger partial charge in [-0.15, -0.1) is 0 Å². The number of para-hydroxylation sites is 1. The molecule has 0 bridgehead atoms. The van der Waals surface area contributed by atoms with Crippen LogP contribution in [0.25, 0.3) is 0 Å². The Bertz CT molecular complexity index is 907. The van der Waals surface area contributed by atoms with Gasteiger partial charge in [0.25, 0.3) is 9.84 Å². The van der Waals surface area contributed by atoms with Crippen LogP contribution in [0.15, 0.2) is 47.4 Å². The van der Waals surface area contributed by atoms with Gasteiger partial charge in [0.15, 0.2) is 11.5 Å². The van der Waals surface area contributed by atoms with Crippen LogP contribution < -0.4 is 14.4 Å².